The number of aromatic nitrogens is 2. The first-order chi connectivity index (χ1) is 12.8. The van der Waals surface area contributed by atoms with Gasteiger partial charge in [0.1, 0.15) is 12.6 Å². The molecular weight excluding hydrogens is 334 g/mol. The van der Waals surface area contributed by atoms with Gasteiger partial charge in [-0.05, 0) is 37.1 Å². The second kappa shape index (κ2) is 7.53. The fraction of sp³-hybridized carbons (Fsp3) is 0.316. The number of carbonyl (C=O) groups is 1. The van der Waals surface area contributed by atoms with E-state index in [-0.39, 0.29) is 18.6 Å². The van der Waals surface area contributed by atoms with Crippen molar-refractivity contribution in [2.45, 2.75) is 32.0 Å². The summed E-state index contributed by atoms with van der Waals surface area (Å²) >= 11 is 0. The van der Waals surface area contributed by atoms with Gasteiger partial charge in [-0.25, -0.2) is 0 Å². The zero-order valence-corrected chi connectivity index (χ0v) is 14.2. The Morgan fingerprint density at radius 3 is 2.88 bits per heavy atom. The van der Waals surface area contributed by atoms with E-state index in [1.54, 1.807) is 18.4 Å². The summed E-state index contributed by atoms with van der Waals surface area (Å²) in [5.41, 5.74) is 0.977. The molecule has 4 rings (SSSR count). The lowest BCUT2D eigenvalue weighted by molar-refractivity contribution is -0.150. The van der Waals surface area contributed by atoms with Crippen molar-refractivity contribution < 1.29 is 18.4 Å². The number of rotatable bonds is 6. The van der Waals surface area contributed by atoms with Gasteiger partial charge in [0.2, 0.25) is 5.89 Å². The average Bonchev–Trinajstić information content (AvgIpc) is 3.42. The van der Waals surface area contributed by atoms with Gasteiger partial charge in [-0.15, -0.1) is 10.2 Å². The van der Waals surface area contributed by atoms with Gasteiger partial charge in [0.05, 0.1) is 12.8 Å². The van der Waals surface area contributed by atoms with Gasteiger partial charge in [0, 0.05) is 0 Å². The third-order valence-corrected chi connectivity index (χ3v) is 4.40. The van der Waals surface area contributed by atoms with E-state index in [1.165, 1.54) is 0 Å². The van der Waals surface area contributed by atoms with Crippen LogP contribution in [-0.2, 0) is 22.7 Å². The van der Waals surface area contributed by atoms with Crippen molar-refractivity contribution in [2.24, 2.45) is 0 Å². The molecule has 1 aliphatic heterocycles. The lowest BCUT2D eigenvalue weighted by Crippen LogP contribution is -2.36. The Hall–Kier alpha value is -2.93. The van der Waals surface area contributed by atoms with Crippen LogP contribution in [0.25, 0.3) is 11.7 Å². The van der Waals surface area contributed by atoms with Crippen LogP contribution in [0.2, 0.25) is 0 Å². The molecule has 134 valence electrons. The maximum atomic E-state index is 12.5. The Morgan fingerprint density at radius 1 is 1.19 bits per heavy atom. The minimum Gasteiger partial charge on any atom is -0.460 e. The summed E-state index contributed by atoms with van der Waals surface area (Å²) < 4.78 is 16.4. The molecule has 1 fully saturated rings. The molecule has 0 radical (unpaired) electrons. The van der Waals surface area contributed by atoms with E-state index in [0.717, 1.165) is 24.9 Å². The number of ether oxygens (including phenoxy) is 1. The lowest BCUT2D eigenvalue weighted by Gasteiger charge is -2.21. The Bertz CT molecular complexity index is 845. The van der Waals surface area contributed by atoms with E-state index in [2.05, 4.69) is 10.2 Å². The number of esters is 1. The maximum Gasteiger partial charge on any atom is 0.323 e. The van der Waals surface area contributed by atoms with Crippen molar-refractivity contribution in [3.8, 4) is 11.7 Å². The minimum absolute atomic E-state index is 0.211. The molecule has 1 aromatic carbocycles. The highest BCUT2D eigenvalue weighted by Crippen LogP contribution is 2.23. The first kappa shape index (κ1) is 16.5. The van der Waals surface area contributed by atoms with Gasteiger partial charge >= 0.3 is 5.97 Å². The molecule has 1 atom stereocenters. The molecule has 2 aromatic heterocycles. The number of furan rings is 1. The molecule has 1 saturated heterocycles. The van der Waals surface area contributed by atoms with Crippen LogP contribution in [0.5, 0.6) is 0 Å². The second-order valence-electron chi connectivity index (χ2n) is 6.20. The summed E-state index contributed by atoms with van der Waals surface area (Å²) in [5.74, 6) is 1.12. The van der Waals surface area contributed by atoms with E-state index in [1.807, 2.05) is 35.2 Å². The summed E-state index contributed by atoms with van der Waals surface area (Å²) in [6.45, 7) is 1.50. The number of likely N-dealkylation sites (tertiary alicyclic amines) is 1. The van der Waals surface area contributed by atoms with Crippen LogP contribution >= 0.6 is 0 Å². The molecule has 7 heteroatoms. The number of benzene rings is 1. The molecule has 0 saturated carbocycles. The summed E-state index contributed by atoms with van der Waals surface area (Å²) in [6, 6.07) is 12.9. The first-order valence-electron chi connectivity index (χ1n) is 8.60. The molecule has 26 heavy (non-hydrogen) atoms. The topological polar surface area (TPSA) is 81.6 Å². The maximum absolute atomic E-state index is 12.5. The Balaban J connectivity index is 1.36. The van der Waals surface area contributed by atoms with Crippen LogP contribution in [0, 0.1) is 0 Å². The van der Waals surface area contributed by atoms with Gasteiger partial charge in [-0.2, -0.15) is 0 Å². The fourth-order valence-corrected chi connectivity index (χ4v) is 3.10. The third kappa shape index (κ3) is 3.67. The predicted molar refractivity (Wildman–Crippen MR) is 91.7 cm³/mol. The molecule has 1 aliphatic rings. The van der Waals surface area contributed by atoms with E-state index >= 15 is 0 Å². The summed E-state index contributed by atoms with van der Waals surface area (Å²) in [7, 11) is 0. The Morgan fingerprint density at radius 2 is 2.08 bits per heavy atom. The summed E-state index contributed by atoms with van der Waals surface area (Å²) in [5, 5.41) is 8.05. The van der Waals surface area contributed by atoms with Gasteiger partial charge in [0.15, 0.2) is 5.76 Å². The third-order valence-electron chi connectivity index (χ3n) is 4.40. The molecule has 0 spiro atoms. The van der Waals surface area contributed by atoms with Crippen molar-refractivity contribution >= 4 is 5.97 Å². The summed E-state index contributed by atoms with van der Waals surface area (Å²) in [6.07, 6.45) is 3.26. The van der Waals surface area contributed by atoms with Gasteiger partial charge < -0.3 is 13.6 Å². The highest BCUT2D eigenvalue weighted by molar-refractivity contribution is 5.76. The van der Waals surface area contributed by atoms with Crippen LogP contribution in [0.3, 0.4) is 0 Å². The van der Waals surface area contributed by atoms with Gasteiger partial charge in [-0.1, -0.05) is 30.3 Å². The van der Waals surface area contributed by atoms with E-state index in [9.17, 15) is 4.79 Å². The first-order valence-corrected chi connectivity index (χ1v) is 8.60. The van der Waals surface area contributed by atoms with E-state index in [0.29, 0.717) is 24.1 Å². The number of hydrogen-bond acceptors (Lipinski definition) is 7. The molecule has 0 bridgehead atoms. The summed E-state index contributed by atoms with van der Waals surface area (Å²) in [4.78, 5) is 14.5. The van der Waals surface area contributed by atoms with Crippen molar-refractivity contribution in [2.75, 3.05) is 6.54 Å². The second-order valence-corrected chi connectivity index (χ2v) is 6.20. The number of nitrogens with zero attached hydrogens (tertiary/aromatic N) is 3. The highest BCUT2D eigenvalue weighted by Gasteiger charge is 2.33. The molecule has 1 unspecified atom stereocenters. The van der Waals surface area contributed by atoms with Gasteiger partial charge in [0.25, 0.3) is 5.89 Å². The number of hydrogen-bond donors (Lipinski definition) is 0. The van der Waals surface area contributed by atoms with Crippen LogP contribution in [0.4, 0.5) is 0 Å². The Kier molecular flexibility index (Phi) is 4.79. The fourth-order valence-electron chi connectivity index (χ4n) is 3.10. The zero-order chi connectivity index (χ0) is 17.8. The number of carbonyl (C=O) groups excluding carboxylic acids is 1. The van der Waals surface area contributed by atoms with Crippen LogP contribution in [0.15, 0.2) is 57.6 Å². The largest absolute Gasteiger partial charge is 0.460 e. The van der Waals surface area contributed by atoms with Crippen LogP contribution in [-0.4, -0.2) is 33.7 Å². The van der Waals surface area contributed by atoms with Gasteiger partial charge in [-0.3, -0.25) is 9.69 Å². The molecule has 0 aliphatic carbocycles. The molecule has 0 amide bonds. The smallest absolute Gasteiger partial charge is 0.323 e. The SMILES string of the molecule is O=C(OCc1ccccc1)C1CCCN1Cc1nnc(-c2ccco2)o1. The van der Waals surface area contributed by atoms with Crippen molar-refractivity contribution in [3.63, 3.8) is 0 Å². The van der Waals surface area contributed by atoms with E-state index < -0.39 is 0 Å². The van der Waals surface area contributed by atoms with E-state index in [4.69, 9.17) is 13.6 Å². The Labute approximate surface area is 150 Å². The van der Waals surface area contributed by atoms with Crippen molar-refractivity contribution in [1.82, 2.24) is 15.1 Å². The molecule has 3 heterocycles. The predicted octanol–water partition coefficient (Wildman–Crippen LogP) is 3.04. The van der Waals surface area contributed by atoms with Crippen LogP contribution in [0.1, 0.15) is 24.3 Å². The highest BCUT2D eigenvalue weighted by atomic mass is 16.5. The molecule has 0 N–H and O–H groups in total. The van der Waals surface area contributed by atoms with Crippen molar-refractivity contribution in [1.29, 1.82) is 0 Å². The molecule has 7 nitrogen and oxygen atoms in total. The minimum atomic E-state index is -0.280. The van der Waals surface area contributed by atoms with Crippen LogP contribution < -0.4 is 0 Å². The molecule has 3 aromatic rings. The average molecular weight is 353 g/mol. The quantitative estimate of drug-likeness (QED) is 0.630. The lowest BCUT2D eigenvalue weighted by atomic mass is 10.2. The zero-order valence-electron chi connectivity index (χ0n) is 14.2. The standard InChI is InChI=1S/C19H19N3O4/c23-19(25-13-14-6-2-1-3-7-14)15-8-4-10-22(15)12-17-20-21-18(26-17)16-9-5-11-24-16/h1-3,5-7,9,11,15H,4,8,10,12-13H2. The van der Waals surface area contributed by atoms with Crippen molar-refractivity contribution in [3.05, 3.63) is 60.2 Å². The molecular formula is C19H19N3O4. The normalized spacial score (nSPS) is 17.5. The monoisotopic (exact) mass is 353 g/mol.